The molecule has 0 radical (unpaired) electrons. The normalized spacial score (nSPS) is 12.6. The molecule has 0 fully saturated rings. The van der Waals surface area contributed by atoms with E-state index in [-0.39, 0.29) is 17.7 Å². The van der Waals surface area contributed by atoms with Gasteiger partial charge in [-0.3, -0.25) is 9.59 Å². The van der Waals surface area contributed by atoms with Crippen LogP contribution in [0.4, 0.5) is 11.4 Å². The summed E-state index contributed by atoms with van der Waals surface area (Å²) in [4.78, 5) is 24.2. The second-order valence-corrected chi connectivity index (χ2v) is 6.04. The van der Waals surface area contributed by atoms with E-state index in [4.69, 9.17) is 9.47 Å². The number of amides is 2. The molecule has 0 saturated heterocycles. The fourth-order valence-electron chi connectivity index (χ4n) is 2.35. The average molecular weight is 340 g/mol. The Kier molecular flexibility index (Phi) is 4.88. The molecule has 0 bridgehead atoms. The molecule has 25 heavy (non-hydrogen) atoms. The highest BCUT2D eigenvalue weighted by Gasteiger charge is 2.14. The Balaban J connectivity index is 1.72. The van der Waals surface area contributed by atoms with Gasteiger partial charge < -0.3 is 20.1 Å². The van der Waals surface area contributed by atoms with Crippen LogP contribution in [0.15, 0.2) is 42.5 Å². The lowest BCUT2D eigenvalue weighted by Crippen LogP contribution is -2.18. The van der Waals surface area contributed by atoms with Gasteiger partial charge in [0.15, 0.2) is 11.5 Å². The fourth-order valence-corrected chi connectivity index (χ4v) is 2.35. The van der Waals surface area contributed by atoms with Gasteiger partial charge in [-0.1, -0.05) is 19.9 Å². The van der Waals surface area contributed by atoms with Gasteiger partial charge >= 0.3 is 0 Å². The van der Waals surface area contributed by atoms with E-state index in [9.17, 15) is 9.59 Å². The Morgan fingerprint density at radius 3 is 2.40 bits per heavy atom. The lowest BCUT2D eigenvalue weighted by molar-refractivity contribution is -0.118. The molecule has 1 aliphatic rings. The van der Waals surface area contributed by atoms with Crippen molar-refractivity contribution in [1.29, 1.82) is 0 Å². The van der Waals surface area contributed by atoms with Crippen molar-refractivity contribution < 1.29 is 19.1 Å². The van der Waals surface area contributed by atoms with Crippen molar-refractivity contribution in [3.63, 3.8) is 0 Å². The van der Waals surface area contributed by atoms with Crippen LogP contribution in [0.1, 0.15) is 24.2 Å². The molecule has 6 heteroatoms. The first-order valence-corrected chi connectivity index (χ1v) is 8.15. The number of rotatable bonds is 4. The molecule has 130 valence electrons. The summed E-state index contributed by atoms with van der Waals surface area (Å²) in [7, 11) is 0. The van der Waals surface area contributed by atoms with E-state index in [1.165, 1.54) is 0 Å². The molecule has 0 aliphatic carbocycles. The van der Waals surface area contributed by atoms with Crippen LogP contribution in [-0.2, 0) is 4.79 Å². The molecule has 0 saturated carbocycles. The second-order valence-electron chi connectivity index (χ2n) is 6.04. The van der Waals surface area contributed by atoms with Crippen molar-refractivity contribution >= 4 is 23.2 Å². The van der Waals surface area contributed by atoms with Gasteiger partial charge in [0.25, 0.3) is 5.91 Å². The van der Waals surface area contributed by atoms with Crippen LogP contribution in [-0.4, -0.2) is 25.0 Å². The van der Waals surface area contributed by atoms with E-state index >= 15 is 0 Å². The second kappa shape index (κ2) is 7.25. The Bertz CT molecular complexity index is 802. The number of benzene rings is 2. The number of fused-ring (bicyclic) bond motifs is 1. The molecular weight excluding hydrogens is 320 g/mol. The Morgan fingerprint density at radius 2 is 1.64 bits per heavy atom. The number of hydrogen-bond donors (Lipinski definition) is 2. The van der Waals surface area contributed by atoms with Gasteiger partial charge in [0, 0.05) is 28.9 Å². The summed E-state index contributed by atoms with van der Waals surface area (Å²) in [6, 6.07) is 12.1. The SMILES string of the molecule is CC(C)C(=O)Nc1cccc(C(=O)Nc2ccc3c(c2)OCCO3)c1. The molecule has 6 nitrogen and oxygen atoms in total. The standard InChI is InChI=1S/C19H20N2O4/c1-12(2)18(22)20-14-5-3-4-13(10-14)19(23)21-15-6-7-16-17(11-15)25-9-8-24-16/h3-7,10-12H,8-9H2,1-2H3,(H,20,22)(H,21,23). The minimum atomic E-state index is -0.266. The van der Waals surface area contributed by atoms with E-state index in [2.05, 4.69) is 10.6 Å². The summed E-state index contributed by atoms with van der Waals surface area (Å²) >= 11 is 0. The largest absolute Gasteiger partial charge is 0.486 e. The molecule has 1 aliphatic heterocycles. The third kappa shape index (κ3) is 4.09. The molecule has 0 unspecified atom stereocenters. The number of anilines is 2. The topological polar surface area (TPSA) is 76.7 Å². The first kappa shape index (κ1) is 16.8. The fraction of sp³-hybridized carbons (Fsp3) is 0.263. The quantitative estimate of drug-likeness (QED) is 0.895. The maximum atomic E-state index is 12.5. The van der Waals surface area contributed by atoms with E-state index in [0.29, 0.717) is 41.7 Å². The predicted octanol–water partition coefficient (Wildman–Crippen LogP) is 3.30. The zero-order valence-electron chi connectivity index (χ0n) is 14.2. The number of ether oxygens (including phenoxy) is 2. The van der Waals surface area contributed by atoms with Crippen LogP contribution in [0.2, 0.25) is 0 Å². The molecular formula is C19H20N2O4. The van der Waals surface area contributed by atoms with Crippen molar-refractivity contribution in [2.24, 2.45) is 5.92 Å². The van der Waals surface area contributed by atoms with Gasteiger partial charge in [-0.05, 0) is 30.3 Å². The predicted molar refractivity (Wildman–Crippen MR) is 95.3 cm³/mol. The van der Waals surface area contributed by atoms with Crippen LogP contribution >= 0.6 is 0 Å². The number of carbonyl (C=O) groups is 2. The minimum Gasteiger partial charge on any atom is -0.486 e. The van der Waals surface area contributed by atoms with Crippen LogP contribution in [0, 0.1) is 5.92 Å². The Morgan fingerprint density at radius 1 is 0.920 bits per heavy atom. The highest BCUT2D eigenvalue weighted by molar-refractivity contribution is 6.05. The molecule has 2 aromatic rings. The zero-order chi connectivity index (χ0) is 17.8. The molecule has 1 heterocycles. The van der Waals surface area contributed by atoms with Crippen LogP contribution in [0.3, 0.4) is 0 Å². The first-order valence-electron chi connectivity index (χ1n) is 8.15. The Labute approximate surface area is 146 Å². The minimum absolute atomic E-state index is 0.0932. The smallest absolute Gasteiger partial charge is 0.255 e. The van der Waals surface area contributed by atoms with Crippen molar-refractivity contribution in [3.05, 3.63) is 48.0 Å². The number of carbonyl (C=O) groups excluding carboxylic acids is 2. The average Bonchev–Trinajstić information content (AvgIpc) is 2.61. The summed E-state index contributed by atoms with van der Waals surface area (Å²) in [5.74, 6) is 0.793. The lowest BCUT2D eigenvalue weighted by Gasteiger charge is -2.19. The monoisotopic (exact) mass is 340 g/mol. The summed E-state index contributed by atoms with van der Waals surface area (Å²) in [5, 5.41) is 5.61. The Hall–Kier alpha value is -3.02. The van der Waals surface area contributed by atoms with Gasteiger partial charge in [0.05, 0.1) is 0 Å². The lowest BCUT2D eigenvalue weighted by atomic mass is 10.1. The van der Waals surface area contributed by atoms with Crippen LogP contribution in [0.25, 0.3) is 0 Å². The van der Waals surface area contributed by atoms with E-state index in [1.54, 1.807) is 42.5 Å². The molecule has 2 N–H and O–H groups in total. The summed E-state index contributed by atoms with van der Waals surface area (Å²) in [6.45, 7) is 4.64. The van der Waals surface area contributed by atoms with Crippen molar-refractivity contribution in [3.8, 4) is 11.5 Å². The van der Waals surface area contributed by atoms with E-state index in [0.717, 1.165) is 0 Å². The molecule has 3 rings (SSSR count). The third-order valence-corrected chi connectivity index (χ3v) is 3.72. The van der Waals surface area contributed by atoms with Gasteiger partial charge in [-0.25, -0.2) is 0 Å². The van der Waals surface area contributed by atoms with Crippen LogP contribution < -0.4 is 20.1 Å². The first-order chi connectivity index (χ1) is 12.0. The summed E-state index contributed by atoms with van der Waals surface area (Å²) in [6.07, 6.45) is 0. The van der Waals surface area contributed by atoms with Crippen molar-refractivity contribution in [2.45, 2.75) is 13.8 Å². The number of nitrogens with one attached hydrogen (secondary N) is 2. The van der Waals surface area contributed by atoms with Gasteiger partial charge in [0.1, 0.15) is 13.2 Å². The van der Waals surface area contributed by atoms with E-state index < -0.39 is 0 Å². The molecule has 0 aromatic heterocycles. The maximum absolute atomic E-state index is 12.5. The highest BCUT2D eigenvalue weighted by Crippen LogP contribution is 2.32. The van der Waals surface area contributed by atoms with Gasteiger partial charge in [-0.2, -0.15) is 0 Å². The maximum Gasteiger partial charge on any atom is 0.255 e. The van der Waals surface area contributed by atoms with Crippen molar-refractivity contribution in [1.82, 2.24) is 0 Å². The number of hydrogen-bond acceptors (Lipinski definition) is 4. The zero-order valence-corrected chi connectivity index (χ0v) is 14.2. The molecule has 2 aromatic carbocycles. The molecule has 0 atom stereocenters. The summed E-state index contributed by atoms with van der Waals surface area (Å²) in [5.41, 5.74) is 1.66. The molecule has 2 amide bonds. The highest BCUT2D eigenvalue weighted by atomic mass is 16.6. The van der Waals surface area contributed by atoms with Crippen molar-refractivity contribution in [2.75, 3.05) is 23.8 Å². The molecule has 0 spiro atoms. The third-order valence-electron chi connectivity index (χ3n) is 3.72. The van der Waals surface area contributed by atoms with Gasteiger partial charge in [0.2, 0.25) is 5.91 Å². The van der Waals surface area contributed by atoms with Gasteiger partial charge in [-0.15, -0.1) is 0 Å². The summed E-state index contributed by atoms with van der Waals surface area (Å²) < 4.78 is 11.0. The van der Waals surface area contributed by atoms with Crippen LogP contribution in [0.5, 0.6) is 11.5 Å². The van der Waals surface area contributed by atoms with E-state index in [1.807, 2.05) is 13.8 Å².